The van der Waals surface area contributed by atoms with Crippen molar-refractivity contribution in [1.29, 1.82) is 0 Å². The van der Waals surface area contributed by atoms with Gasteiger partial charge >= 0.3 is 0 Å². The summed E-state index contributed by atoms with van der Waals surface area (Å²) in [5.74, 6) is -0.950. The predicted octanol–water partition coefficient (Wildman–Crippen LogP) is 3.33. The lowest BCUT2D eigenvalue weighted by atomic mass is 10.0. The van der Waals surface area contributed by atoms with E-state index in [4.69, 9.17) is 9.84 Å². The van der Waals surface area contributed by atoms with Gasteiger partial charge in [0.2, 0.25) is 5.82 Å². The molecule has 6 nitrogen and oxygen atoms in total. The molecule has 0 aliphatic carbocycles. The van der Waals surface area contributed by atoms with Crippen LogP contribution in [0, 0.1) is 15.2 Å². The minimum atomic E-state index is -1.06. The van der Waals surface area contributed by atoms with Gasteiger partial charge in [-0.2, -0.15) is 4.39 Å². The summed E-state index contributed by atoms with van der Waals surface area (Å²) >= 11 is 1.96. The molecule has 1 aromatic carbocycles. The van der Waals surface area contributed by atoms with E-state index in [0.717, 1.165) is 4.57 Å². The number of nitrogens with one attached hydrogen (secondary N) is 1. The molecular formula is C19H18F2IN3O3. The Hall–Kier alpha value is -2.40. The number of hydrogen-bond acceptors (Lipinski definition) is 5. The fourth-order valence-electron chi connectivity index (χ4n) is 3.00. The molecule has 0 fully saturated rings. The number of ether oxygens (including phenoxy) is 1. The Balaban J connectivity index is 2.20. The number of halogens is 3. The first-order valence-electron chi connectivity index (χ1n) is 8.28. The Morgan fingerprint density at radius 1 is 1.32 bits per heavy atom. The number of benzene rings is 1. The van der Waals surface area contributed by atoms with Crippen molar-refractivity contribution >= 4 is 45.4 Å². The van der Waals surface area contributed by atoms with E-state index in [2.05, 4.69) is 11.9 Å². The Kier molecular flexibility index (Phi) is 5.75. The van der Waals surface area contributed by atoms with Gasteiger partial charge in [-0.25, -0.2) is 4.39 Å². The molecule has 2 heterocycles. The highest BCUT2D eigenvalue weighted by atomic mass is 127. The monoisotopic (exact) mass is 501 g/mol. The third-order valence-electron chi connectivity index (χ3n) is 4.29. The van der Waals surface area contributed by atoms with E-state index in [0.29, 0.717) is 20.7 Å². The maximum atomic E-state index is 14.9. The van der Waals surface area contributed by atoms with Gasteiger partial charge in [0, 0.05) is 29.4 Å². The fraction of sp³-hybridized carbons (Fsp3) is 0.211. The summed E-state index contributed by atoms with van der Waals surface area (Å²) in [6, 6.07) is 4.42. The minimum absolute atomic E-state index is 0.0246. The Labute approximate surface area is 173 Å². The first kappa shape index (κ1) is 20.3. The first-order valence-corrected chi connectivity index (χ1v) is 9.36. The second-order valence-electron chi connectivity index (χ2n) is 6.16. The van der Waals surface area contributed by atoms with Crippen molar-refractivity contribution in [3.8, 4) is 0 Å². The molecule has 148 valence electrons. The van der Waals surface area contributed by atoms with E-state index in [-0.39, 0.29) is 30.2 Å². The number of aliphatic hydroxyl groups is 1. The molecule has 1 aliphatic rings. The molecule has 1 aliphatic heterocycles. The second kappa shape index (κ2) is 7.92. The normalized spacial score (nSPS) is 13.3. The molecule has 28 heavy (non-hydrogen) atoms. The molecular weight excluding hydrogens is 483 g/mol. The van der Waals surface area contributed by atoms with Crippen LogP contribution >= 0.6 is 22.6 Å². The third kappa shape index (κ3) is 3.51. The zero-order valence-electron chi connectivity index (χ0n) is 15.2. The zero-order chi connectivity index (χ0) is 20.6. The van der Waals surface area contributed by atoms with Crippen molar-refractivity contribution in [2.75, 3.05) is 30.5 Å². The predicted molar refractivity (Wildman–Crippen MR) is 113 cm³/mol. The van der Waals surface area contributed by atoms with Crippen LogP contribution < -0.4 is 15.8 Å². The average molecular weight is 501 g/mol. The van der Waals surface area contributed by atoms with Gasteiger partial charge in [-0.1, -0.05) is 6.58 Å². The van der Waals surface area contributed by atoms with Crippen LogP contribution in [-0.2, 0) is 11.8 Å². The first-order chi connectivity index (χ1) is 13.3. The highest BCUT2D eigenvalue weighted by Gasteiger charge is 2.30. The number of fused-ring (bicyclic) bond motifs is 1. The maximum Gasteiger partial charge on any atom is 0.290 e. The van der Waals surface area contributed by atoms with Gasteiger partial charge in [-0.15, -0.1) is 0 Å². The highest BCUT2D eigenvalue weighted by molar-refractivity contribution is 14.1. The molecule has 0 saturated heterocycles. The summed E-state index contributed by atoms with van der Waals surface area (Å²) in [5, 5.41) is 11.7. The number of hydrogen-bond donors (Lipinski definition) is 2. The maximum absolute atomic E-state index is 14.9. The largest absolute Gasteiger partial charge is 0.489 e. The number of nitrogens with zero attached hydrogens (tertiary/aromatic N) is 2. The topological polar surface area (TPSA) is 66.7 Å². The molecule has 3 rings (SSSR count). The Morgan fingerprint density at radius 2 is 2.04 bits per heavy atom. The Morgan fingerprint density at radius 3 is 2.68 bits per heavy atom. The number of rotatable bonds is 5. The van der Waals surface area contributed by atoms with Gasteiger partial charge < -0.3 is 20.1 Å². The molecule has 0 spiro atoms. The number of aromatic nitrogens is 1. The quantitative estimate of drug-likeness (QED) is 0.616. The van der Waals surface area contributed by atoms with Crippen molar-refractivity contribution < 1.29 is 18.6 Å². The van der Waals surface area contributed by atoms with Crippen molar-refractivity contribution in [1.82, 2.24) is 4.57 Å². The molecule has 0 saturated carbocycles. The van der Waals surface area contributed by atoms with Gasteiger partial charge in [0.05, 0.1) is 23.5 Å². The summed E-state index contributed by atoms with van der Waals surface area (Å²) in [4.78, 5) is 14.0. The summed E-state index contributed by atoms with van der Waals surface area (Å²) in [6.45, 7) is 3.77. The molecule has 0 radical (unpaired) electrons. The second-order valence-corrected chi connectivity index (χ2v) is 7.40. The molecule has 9 heteroatoms. The lowest BCUT2D eigenvalue weighted by molar-refractivity contribution is 0.153. The Bertz CT molecular complexity index is 1050. The van der Waals surface area contributed by atoms with E-state index in [9.17, 15) is 13.6 Å². The molecule has 0 atom stereocenters. The van der Waals surface area contributed by atoms with Gasteiger partial charge in [-0.3, -0.25) is 9.36 Å². The van der Waals surface area contributed by atoms with Crippen LogP contribution in [0.1, 0.15) is 5.56 Å². The molecule has 2 aromatic rings. The molecule has 1 aromatic heterocycles. The number of allylic oxidation sites excluding steroid dienone is 1. The van der Waals surface area contributed by atoms with Gasteiger partial charge in [0.25, 0.3) is 5.56 Å². The third-order valence-corrected chi connectivity index (χ3v) is 4.96. The van der Waals surface area contributed by atoms with Crippen LogP contribution in [-0.4, -0.2) is 29.9 Å². The molecule has 0 unspecified atom stereocenters. The smallest absolute Gasteiger partial charge is 0.290 e. The number of pyridine rings is 1. The van der Waals surface area contributed by atoms with Gasteiger partial charge in [-0.05, 0) is 40.8 Å². The van der Waals surface area contributed by atoms with Crippen molar-refractivity contribution in [2.24, 2.45) is 7.05 Å². The summed E-state index contributed by atoms with van der Waals surface area (Å²) in [7, 11) is 3.11. The van der Waals surface area contributed by atoms with E-state index in [1.807, 2.05) is 22.6 Å². The van der Waals surface area contributed by atoms with E-state index in [1.54, 1.807) is 24.2 Å². The van der Waals surface area contributed by atoms with Crippen LogP contribution in [0.2, 0.25) is 0 Å². The lowest BCUT2D eigenvalue weighted by Crippen LogP contribution is -2.31. The molecule has 0 amide bonds. The standard InChI is InChI=1S/C19H18F2IN3O3/c1-10-14(28-7-6-26)9-24(2)18-15(10)17(16(21)19(27)25(18)3)23-13-5-4-11(22)8-12(13)20/h4-5,8-9,23,26H,1,6-7H2,2-3H3. The lowest BCUT2D eigenvalue weighted by Gasteiger charge is -2.31. The van der Waals surface area contributed by atoms with Crippen LogP contribution in [0.4, 0.5) is 26.0 Å². The van der Waals surface area contributed by atoms with Crippen LogP contribution in [0.3, 0.4) is 0 Å². The van der Waals surface area contributed by atoms with E-state index >= 15 is 0 Å². The van der Waals surface area contributed by atoms with Crippen molar-refractivity contribution in [2.45, 2.75) is 0 Å². The van der Waals surface area contributed by atoms with Crippen molar-refractivity contribution in [3.63, 3.8) is 0 Å². The fourth-order valence-corrected chi connectivity index (χ4v) is 3.45. The van der Waals surface area contributed by atoms with Crippen LogP contribution in [0.15, 0.2) is 41.5 Å². The number of aliphatic hydroxyl groups excluding tert-OH is 1. The van der Waals surface area contributed by atoms with Crippen molar-refractivity contribution in [3.05, 3.63) is 67.9 Å². The van der Waals surface area contributed by atoms with Gasteiger partial charge in [0.1, 0.15) is 24.0 Å². The average Bonchev–Trinajstić information content (AvgIpc) is 2.65. The summed E-state index contributed by atoms with van der Waals surface area (Å²) in [6.07, 6.45) is 1.59. The number of anilines is 3. The van der Waals surface area contributed by atoms with Crippen LogP contribution in [0.5, 0.6) is 0 Å². The van der Waals surface area contributed by atoms with E-state index < -0.39 is 17.2 Å². The van der Waals surface area contributed by atoms with Gasteiger partial charge in [0.15, 0.2) is 0 Å². The summed E-state index contributed by atoms with van der Waals surface area (Å²) < 4.78 is 36.6. The zero-order valence-corrected chi connectivity index (χ0v) is 17.4. The molecule has 0 bridgehead atoms. The molecule has 2 N–H and O–H groups in total. The van der Waals surface area contributed by atoms with E-state index in [1.165, 1.54) is 19.2 Å². The summed E-state index contributed by atoms with van der Waals surface area (Å²) in [5.41, 5.74) is -0.439. The van der Waals surface area contributed by atoms with Crippen LogP contribution in [0.25, 0.3) is 5.57 Å². The SMILES string of the molecule is C=C1C(OCCO)=CN(C)c2c1c(Nc1ccc(I)cc1F)c(F)c(=O)n2C. The highest BCUT2D eigenvalue weighted by Crippen LogP contribution is 2.41. The minimum Gasteiger partial charge on any atom is -0.489 e.